The second kappa shape index (κ2) is 7.20. The number of benzene rings is 1. The first-order chi connectivity index (χ1) is 10.2. The molecule has 1 aliphatic carbocycles. The van der Waals surface area contributed by atoms with Gasteiger partial charge in [0.25, 0.3) is 0 Å². The van der Waals surface area contributed by atoms with Gasteiger partial charge in [-0.3, -0.25) is 4.79 Å². The van der Waals surface area contributed by atoms with Crippen LogP contribution in [-0.2, 0) is 4.79 Å². The molecule has 1 N–H and O–H groups in total. The van der Waals surface area contributed by atoms with Crippen molar-refractivity contribution in [2.45, 2.75) is 32.1 Å². The number of hydrogen-bond acceptors (Lipinski definition) is 4. The third-order valence-electron chi connectivity index (χ3n) is 3.94. The number of rotatable bonds is 5. The van der Waals surface area contributed by atoms with Crippen LogP contribution in [0.25, 0.3) is 0 Å². The van der Waals surface area contributed by atoms with Gasteiger partial charge in [-0.1, -0.05) is 19.3 Å². The van der Waals surface area contributed by atoms with E-state index in [1.165, 1.54) is 6.42 Å². The molecule has 1 amide bonds. The summed E-state index contributed by atoms with van der Waals surface area (Å²) < 4.78 is 15.9. The lowest BCUT2D eigenvalue weighted by atomic mass is 9.88. The molecular formula is C16H23NO4. The maximum atomic E-state index is 12.4. The van der Waals surface area contributed by atoms with Crippen molar-refractivity contribution in [2.75, 3.05) is 26.6 Å². The monoisotopic (exact) mass is 293 g/mol. The summed E-state index contributed by atoms with van der Waals surface area (Å²) in [5, 5.41) is 2.96. The second-order valence-electron chi connectivity index (χ2n) is 5.21. The molecule has 116 valence electrons. The number of anilines is 1. The van der Waals surface area contributed by atoms with Crippen molar-refractivity contribution in [3.63, 3.8) is 0 Å². The largest absolute Gasteiger partial charge is 0.493 e. The van der Waals surface area contributed by atoms with Gasteiger partial charge in [0, 0.05) is 5.92 Å². The Hall–Kier alpha value is -1.91. The molecule has 0 unspecified atom stereocenters. The molecule has 1 fully saturated rings. The van der Waals surface area contributed by atoms with E-state index < -0.39 is 0 Å². The molecule has 5 nitrogen and oxygen atoms in total. The van der Waals surface area contributed by atoms with E-state index in [2.05, 4.69) is 5.32 Å². The molecule has 5 heteroatoms. The number of amides is 1. The zero-order valence-corrected chi connectivity index (χ0v) is 12.9. The summed E-state index contributed by atoms with van der Waals surface area (Å²) in [6.07, 6.45) is 5.40. The minimum absolute atomic E-state index is 0.0558. The van der Waals surface area contributed by atoms with E-state index in [-0.39, 0.29) is 11.8 Å². The average Bonchev–Trinajstić information content (AvgIpc) is 2.54. The van der Waals surface area contributed by atoms with Crippen molar-refractivity contribution >= 4 is 11.6 Å². The summed E-state index contributed by atoms with van der Waals surface area (Å²) in [7, 11) is 4.66. The third-order valence-corrected chi connectivity index (χ3v) is 3.94. The number of hydrogen-bond donors (Lipinski definition) is 1. The first kappa shape index (κ1) is 15.5. The molecule has 0 bridgehead atoms. The molecule has 1 aliphatic rings. The van der Waals surface area contributed by atoms with Crippen molar-refractivity contribution in [3.05, 3.63) is 12.1 Å². The predicted molar refractivity (Wildman–Crippen MR) is 81.3 cm³/mol. The Labute approximate surface area is 125 Å². The first-order valence-corrected chi connectivity index (χ1v) is 7.31. The van der Waals surface area contributed by atoms with Crippen molar-refractivity contribution in [2.24, 2.45) is 5.92 Å². The Morgan fingerprint density at radius 2 is 1.67 bits per heavy atom. The van der Waals surface area contributed by atoms with Crippen molar-refractivity contribution < 1.29 is 19.0 Å². The van der Waals surface area contributed by atoms with Crippen molar-refractivity contribution in [3.8, 4) is 17.2 Å². The minimum atomic E-state index is 0.0558. The lowest BCUT2D eigenvalue weighted by molar-refractivity contribution is -0.120. The lowest BCUT2D eigenvalue weighted by Crippen LogP contribution is -2.25. The van der Waals surface area contributed by atoms with Crippen LogP contribution in [0.5, 0.6) is 17.2 Å². The molecule has 0 saturated heterocycles. The van der Waals surface area contributed by atoms with Gasteiger partial charge in [0.1, 0.15) is 0 Å². The lowest BCUT2D eigenvalue weighted by Gasteiger charge is -2.22. The van der Waals surface area contributed by atoms with Crippen molar-refractivity contribution in [1.82, 2.24) is 0 Å². The van der Waals surface area contributed by atoms with E-state index in [0.717, 1.165) is 25.7 Å². The Morgan fingerprint density at radius 1 is 1.00 bits per heavy atom. The molecule has 1 saturated carbocycles. The van der Waals surface area contributed by atoms with Gasteiger partial charge in [-0.2, -0.15) is 0 Å². The highest BCUT2D eigenvalue weighted by molar-refractivity contribution is 5.94. The molecule has 1 aromatic carbocycles. The van der Waals surface area contributed by atoms with E-state index in [4.69, 9.17) is 14.2 Å². The van der Waals surface area contributed by atoms with Gasteiger partial charge in [0.05, 0.1) is 27.0 Å². The van der Waals surface area contributed by atoms with Crippen LogP contribution in [0.3, 0.4) is 0 Å². The summed E-state index contributed by atoms with van der Waals surface area (Å²) in [5.41, 5.74) is 0.616. The Kier molecular flexibility index (Phi) is 5.31. The standard InChI is InChI=1S/C16H23NO4/c1-19-13-10-9-12(14(20-2)15(13)21-3)17-16(18)11-7-5-4-6-8-11/h9-11H,4-8H2,1-3H3,(H,17,18). The Bertz CT molecular complexity index is 495. The molecule has 0 heterocycles. The normalized spacial score (nSPS) is 15.4. The van der Waals surface area contributed by atoms with Gasteiger partial charge in [-0.25, -0.2) is 0 Å². The molecule has 0 spiro atoms. The highest BCUT2D eigenvalue weighted by atomic mass is 16.5. The van der Waals surface area contributed by atoms with Crippen LogP contribution < -0.4 is 19.5 Å². The zero-order chi connectivity index (χ0) is 15.2. The van der Waals surface area contributed by atoms with E-state index >= 15 is 0 Å². The van der Waals surface area contributed by atoms with Gasteiger partial charge in [0.15, 0.2) is 11.5 Å². The van der Waals surface area contributed by atoms with Gasteiger partial charge in [-0.15, -0.1) is 0 Å². The second-order valence-corrected chi connectivity index (χ2v) is 5.21. The van der Waals surface area contributed by atoms with Crippen LogP contribution in [0.15, 0.2) is 12.1 Å². The smallest absolute Gasteiger partial charge is 0.227 e. The summed E-state index contributed by atoms with van der Waals surface area (Å²) in [6.45, 7) is 0. The fourth-order valence-corrected chi connectivity index (χ4v) is 2.80. The van der Waals surface area contributed by atoms with Crippen LogP contribution in [0.1, 0.15) is 32.1 Å². The van der Waals surface area contributed by atoms with Crippen LogP contribution in [0.2, 0.25) is 0 Å². The Morgan fingerprint density at radius 3 is 2.24 bits per heavy atom. The summed E-state index contributed by atoms with van der Waals surface area (Å²) in [6, 6.07) is 3.54. The highest BCUT2D eigenvalue weighted by Crippen LogP contribution is 2.42. The molecule has 0 atom stereocenters. The maximum Gasteiger partial charge on any atom is 0.227 e. The van der Waals surface area contributed by atoms with Gasteiger partial charge in [-0.05, 0) is 25.0 Å². The summed E-state index contributed by atoms with van der Waals surface area (Å²) in [5.74, 6) is 1.70. The average molecular weight is 293 g/mol. The van der Waals surface area contributed by atoms with E-state index in [1.807, 2.05) is 0 Å². The van der Waals surface area contributed by atoms with Crippen LogP contribution in [0, 0.1) is 5.92 Å². The maximum absolute atomic E-state index is 12.4. The quantitative estimate of drug-likeness (QED) is 0.905. The summed E-state index contributed by atoms with van der Waals surface area (Å²) in [4.78, 5) is 12.4. The molecule has 1 aromatic rings. The summed E-state index contributed by atoms with van der Waals surface area (Å²) >= 11 is 0. The number of methoxy groups -OCH3 is 3. The van der Waals surface area contributed by atoms with E-state index in [1.54, 1.807) is 33.5 Å². The molecular weight excluding hydrogens is 270 g/mol. The Balaban J connectivity index is 2.20. The van der Waals surface area contributed by atoms with Crippen LogP contribution in [0.4, 0.5) is 5.69 Å². The SMILES string of the molecule is COc1ccc(NC(=O)C2CCCCC2)c(OC)c1OC. The number of nitrogens with one attached hydrogen (secondary N) is 1. The van der Waals surface area contributed by atoms with Gasteiger partial charge >= 0.3 is 0 Å². The first-order valence-electron chi connectivity index (χ1n) is 7.31. The molecule has 0 aliphatic heterocycles. The number of carbonyl (C=O) groups is 1. The number of ether oxygens (including phenoxy) is 3. The topological polar surface area (TPSA) is 56.8 Å². The molecule has 21 heavy (non-hydrogen) atoms. The minimum Gasteiger partial charge on any atom is -0.493 e. The van der Waals surface area contributed by atoms with Gasteiger partial charge in [0.2, 0.25) is 11.7 Å². The zero-order valence-electron chi connectivity index (χ0n) is 12.9. The predicted octanol–water partition coefficient (Wildman–Crippen LogP) is 3.23. The van der Waals surface area contributed by atoms with E-state index in [9.17, 15) is 4.79 Å². The van der Waals surface area contributed by atoms with Gasteiger partial charge < -0.3 is 19.5 Å². The molecule has 0 radical (unpaired) electrons. The van der Waals surface area contributed by atoms with Crippen LogP contribution >= 0.6 is 0 Å². The van der Waals surface area contributed by atoms with Crippen LogP contribution in [-0.4, -0.2) is 27.2 Å². The third kappa shape index (κ3) is 3.40. The fraction of sp³-hybridized carbons (Fsp3) is 0.562. The van der Waals surface area contributed by atoms with Crippen molar-refractivity contribution in [1.29, 1.82) is 0 Å². The number of carbonyl (C=O) groups excluding carboxylic acids is 1. The fourth-order valence-electron chi connectivity index (χ4n) is 2.80. The molecule has 2 rings (SSSR count). The van der Waals surface area contributed by atoms with E-state index in [0.29, 0.717) is 22.9 Å². The molecule has 0 aromatic heterocycles. The highest BCUT2D eigenvalue weighted by Gasteiger charge is 2.23.